The highest BCUT2D eigenvalue weighted by Crippen LogP contribution is 2.39. The van der Waals surface area contributed by atoms with Crippen molar-refractivity contribution in [1.29, 1.82) is 0 Å². The summed E-state index contributed by atoms with van der Waals surface area (Å²) in [6, 6.07) is 0.734. The van der Waals surface area contributed by atoms with Gasteiger partial charge >= 0.3 is 0 Å². The lowest BCUT2D eigenvalue weighted by atomic mass is 9.69. The molecule has 1 aliphatic carbocycles. The fourth-order valence-electron chi connectivity index (χ4n) is 4.34. The van der Waals surface area contributed by atoms with E-state index in [1.807, 2.05) is 0 Å². The molecule has 0 amide bonds. The summed E-state index contributed by atoms with van der Waals surface area (Å²) in [5, 5.41) is 3.58. The van der Waals surface area contributed by atoms with Crippen molar-refractivity contribution < 1.29 is 0 Å². The Hall–Kier alpha value is -0.0800. The van der Waals surface area contributed by atoms with E-state index in [1.54, 1.807) is 0 Å². The minimum Gasteiger partial charge on any atom is -0.317 e. The van der Waals surface area contributed by atoms with Gasteiger partial charge in [0.05, 0.1) is 0 Å². The van der Waals surface area contributed by atoms with E-state index in [0.717, 1.165) is 12.0 Å². The first kappa shape index (κ1) is 15.3. The third-order valence-corrected chi connectivity index (χ3v) is 5.36. The van der Waals surface area contributed by atoms with E-state index in [0.29, 0.717) is 10.8 Å². The van der Waals surface area contributed by atoms with Crippen LogP contribution in [0.4, 0.5) is 0 Å². The van der Waals surface area contributed by atoms with Gasteiger partial charge in [0.1, 0.15) is 0 Å². The number of nitrogens with zero attached hydrogens (tertiary/aromatic N) is 1. The van der Waals surface area contributed by atoms with Gasteiger partial charge in [-0.25, -0.2) is 0 Å². The maximum Gasteiger partial charge on any atom is 0.0105 e. The summed E-state index contributed by atoms with van der Waals surface area (Å²) < 4.78 is 0. The molecule has 2 rings (SSSR count). The molecule has 0 bridgehead atoms. The summed E-state index contributed by atoms with van der Waals surface area (Å²) in [4.78, 5) is 2.74. The van der Waals surface area contributed by atoms with E-state index >= 15 is 0 Å². The molecule has 0 aromatic carbocycles. The molecule has 2 unspecified atom stereocenters. The minimum atomic E-state index is 0.525. The summed E-state index contributed by atoms with van der Waals surface area (Å²) in [5.74, 6) is 0.836. The molecule has 0 spiro atoms. The van der Waals surface area contributed by atoms with E-state index in [1.165, 1.54) is 51.7 Å². The highest BCUT2D eigenvalue weighted by atomic mass is 15.1. The van der Waals surface area contributed by atoms with Gasteiger partial charge in [-0.3, -0.25) is 0 Å². The predicted molar refractivity (Wildman–Crippen MR) is 83.4 cm³/mol. The second-order valence-corrected chi connectivity index (χ2v) is 8.57. The van der Waals surface area contributed by atoms with Gasteiger partial charge in [-0.15, -0.1) is 0 Å². The molecule has 2 heteroatoms. The van der Waals surface area contributed by atoms with Crippen LogP contribution in [-0.2, 0) is 0 Å². The van der Waals surface area contributed by atoms with Crippen LogP contribution in [0.2, 0.25) is 0 Å². The number of nitrogens with one attached hydrogen (secondary N) is 1. The molecule has 112 valence electrons. The lowest BCUT2D eigenvalue weighted by Crippen LogP contribution is -2.49. The Kier molecular flexibility index (Phi) is 4.62. The van der Waals surface area contributed by atoms with Crippen molar-refractivity contribution >= 4 is 0 Å². The highest BCUT2D eigenvalue weighted by molar-refractivity contribution is 4.91. The highest BCUT2D eigenvalue weighted by Gasteiger charge is 2.36. The Labute approximate surface area is 120 Å². The van der Waals surface area contributed by atoms with Crippen molar-refractivity contribution in [1.82, 2.24) is 10.2 Å². The van der Waals surface area contributed by atoms with Crippen molar-refractivity contribution in [3.8, 4) is 0 Å². The zero-order valence-electron chi connectivity index (χ0n) is 13.8. The molecule has 1 N–H and O–H groups in total. The van der Waals surface area contributed by atoms with E-state index in [4.69, 9.17) is 0 Å². The Morgan fingerprint density at radius 3 is 2.47 bits per heavy atom. The van der Waals surface area contributed by atoms with Crippen molar-refractivity contribution in [3.63, 3.8) is 0 Å². The van der Waals surface area contributed by atoms with Gasteiger partial charge in [-0.1, -0.05) is 27.7 Å². The first-order chi connectivity index (χ1) is 8.81. The second-order valence-electron chi connectivity index (χ2n) is 8.57. The Balaban J connectivity index is 1.95. The van der Waals surface area contributed by atoms with Crippen LogP contribution in [0.1, 0.15) is 59.8 Å². The van der Waals surface area contributed by atoms with Crippen LogP contribution < -0.4 is 5.32 Å². The lowest BCUT2D eigenvalue weighted by molar-refractivity contribution is 0.0606. The molecule has 2 atom stereocenters. The number of likely N-dealkylation sites (tertiary alicyclic amines) is 1. The molecular weight excluding hydrogens is 232 g/mol. The van der Waals surface area contributed by atoms with Crippen molar-refractivity contribution in [2.24, 2.45) is 16.7 Å². The first-order valence-electron chi connectivity index (χ1n) is 8.21. The van der Waals surface area contributed by atoms with Gasteiger partial charge < -0.3 is 10.2 Å². The number of rotatable bonds is 3. The number of hydrogen-bond donors (Lipinski definition) is 1. The molecular formula is C17H34N2. The average molecular weight is 266 g/mol. The fraction of sp³-hybridized carbons (Fsp3) is 1.00. The quantitative estimate of drug-likeness (QED) is 0.841. The molecule has 2 fully saturated rings. The van der Waals surface area contributed by atoms with E-state index in [9.17, 15) is 0 Å². The molecule has 1 aliphatic heterocycles. The molecule has 0 aromatic heterocycles. The number of hydrogen-bond acceptors (Lipinski definition) is 2. The van der Waals surface area contributed by atoms with Gasteiger partial charge in [0, 0.05) is 19.1 Å². The van der Waals surface area contributed by atoms with Gasteiger partial charge in [-0.2, -0.15) is 0 Å². The molecule has 19 heavy (non-hydrogen) atoms. The maximum atomic E-state index is 3.58. The molecule has 1 heterocycles. The normalized spacial score (nSPS) is 35.2. The van der Waals surface area contributed by atoms with Crippen molar-refractivity contribution in [3.05, 3.63) is 0 Å². The first-order valence-corrected chi connectivity index (χ1v) is 8.21. The topological polar surface area (TPSA) is 15.3 Å². The maximum absolute atomic E-state index is 3.58. The summed E-state index contributed by atoms with van der Waals surface area (Å²) >= 11 is 0. The summed E-state index contributed by atoms with van der Waals surface area (Å²) in [5.41, 5.74) is 1.07. The van der Waals surface area contributed by atoms with Gasteiger partial charge in [0.25, 0.3) is 0 Å². The van der Waals surface area contributed by atoms with Gasteiger partial charge in [0.15, 0.2) is 0 Å². The Morgan fingerprint density at radius 1 is 1.11 bits per heavy atom. The lowest BCUT2D eigenvalue weighted by Gasteiger charge is -2.45. The van der Waals surface area contributed by atoms with Gasteiger partial charge in [0.2, 0.25) is 0 Å². The Bertz CT molecular complexity index is 296. The molecule has 1 saturated carbocycles. The summed E-state index contributed by atoms with van der Waals surface area (Å²) in [6.07, 6.45) is 6.89. The van der Waals surface area contributed by atoms with Crippen LogP contribution in [0.5, 0.6) is 0 Å². The standard InChI is InChI=1S/C17H34N2/c1-16(2)9-7-15(18-5)14(11-16)12-19-10-6-8-17(3,4)13-19/h14-15,18H,6-13H2,1-5H3. The van der Waals surface area contributed by atoms with Crippen LogP contribution in [0.15, 0.2) is 0 Å². The molecule has 1 saturated heterocycles. The molecule has 0 aromatic rings. The summed E-state index contributed by atoms with van der Waals surface area (Å²) in [6.45, 7) is 13.7. The zero-order chi connectivity index (χ0) is 14.1. The molecule has 0 radical (unpaired) electrons. The smallest absolute Gasteiger partial charge is 0.0105 e. The van der Waals surface area contributed by atoms with E-state index in [2.05, 4.69) is 45.0 Å². The van der Waals surface area contributed by atoms with Crippen molar-refractivity contribution in [2.75, 3.05) is 26.7 Å². The van der Waals surface area contributed by atoms with Crippen LogP contribution in [-0.4, -0.2) is 37.6 Å². The predicted octanol–water partition coefficient (Wildman–Crippen LogP) is 3.52. The summed E-state index contributed by atoms with van der Waals surface area (Å²) in [7, 11) is 2.15. The second kappa shape index (κ2) is 5.73. The Morgan fingerprint density at radius 2 is 1.84 bits per heavy atom. The zero-order valence-corrected chi connectivity index (χ0v) is 13.8. The third-order valence-electron chi connectivity index (χ3n) is 5.36. The van der Waals surface area contributed by atoms with Gasteiger partial charge in [-0.05, 0) is 62.4 Å². The fourth-order valence-corrected chi connectivity index (χ4v) is 4.34. The minimum absolute atomic E-state index is 0.525. The van der Waals surface area contributed by atoms with Crippen LogP contribution in [0, 0.1) is 16.7 Å². The van der Waals surface area contributed by atoms with Crippen LogP contribution in [0.3, 0.4) is 0 Å². The van der Waals surface area contributed by atoms with Crippen molar-refractivity contribution in [2.45, 2.75) is 65.8 Å². The van der Waals surface area contributed by atoms with Crippen LogP contribution >= 0.6 is 0 Å². The third kappa shape index (κ3) is 4.19. The number of piperidine rings is 1. The molecule has 2 aliphatic rings. The largest absolute Gasteiger partial charge is 0.317 e. The SMILES string of the molecule is CNC1CCC(C)(C)CC1CN1CCCC(C)(C)C1. The van der Waals surface area contributed by atoms with E-state index < -0.39 is 0 Å². The van der Waals surface area contributed by atoms with E-state index in [-0.39, 0.29) is 0 Å². The molecule has 2 nitrogen and oxygen atoms in total. The average Bonchev–Trinajstić information content (AvgIpc) is 2.26. The monoisotopic (exact) mass is 266 g/mol. The van der Waals surface area contributed by atoms with Crippen LogP contribution in [0.25, 0.3) is 0 Å².